The molecule has 0 aromatic carbocycles. The maximum atomic E-state index is 9.97. The van der Waals surface area contributed by atoms with Gasteiger partial charge in [-0.1, -0.05) is 31.9 Å². The minimum atomic E-state index is 0.343. The fourth-order valence-electron chi connectivity index (χ4n) is 3.57. The van der Waals surface area contributed by atoms with Gasteiger partial charge in [0.1, 0.15) is 0 Å². The van der Waals surface area contributed by atoms with Crippen molar-refractivity contribution in [3.63, 3.8) is 0 Å². The van der Waals surface area contributed by atoms with E-state index in [0.717, 1.165) is 36.5 Å². The monoisotopic (exact) mass is 240 g/mol. The van der Waals surface area contributed by atoms with Gasteiger partial charge < -0.3 is 5.73 Å². The van der Waals surface area contributed by atoms with E-state index in [1.165, 1.54) is 19.3 Å². The molecule has 0 amide bonds. The molecular formula is C14H28N2O. The van der Waals surface area contributed by atoms with Gasteiger partial charge in [-0.3, -0.25) is 0 Å². The molecule has 2 N–H and O–H groups in total. The number of rotatable bonds is 8. The Balaban J connectivity index is 2.18. The van der Waals surface area contributed by atoms with Gasteiger partial charge >= 0.3 is 0 Å². The van der Waals surface area contributed by atoms with Crippen LogP contribution in [-0.2, 0) is 0 Å². The standard InChI is InChI=1S/C14H28N2O/c1-10(6-4-5-7-16-17)8-13-9-11(2)14(13)12(3)15/h10-14H,4-9,15H2,1-3H3. The molecule has 0 aromatic heterocycles. The van der Waals surface area contributed by atoms with Crippen LogP contribution < -0.4 is 5.73 Å². The molecule has 0 heterocycles. The molecule has 0 radical (unpaired) electrons. The molecule has 1 aliphatic carbocycles. The van der Waals surface area contributed by atoms with Crippen molar-refractivity contribution in [1.82, 2.24) is 0 Å². The molecule has 0 saturated heterocycles. The highest BCUT2D eigenvalue weighted by Gasteiger charge is 2.40. The predicted molar refractivity (Wildman–Crippen MR) is 72.7 cm³/mol. The molecule has 0 aromatic rings. The molecule has 5 unspecified atom stereocenters. The number of nitroso groups, excluding NO2 is 1. The van der Waals surface area contributed by atoms with Crippen LogP contribution in [0.4, 0.5) is 0 Å². The molecule has 5 atom stereocenters. The van der Waals surface area contributed by atoms with E-state index >= 15 is 0 Å². The maximum Gasteiger partial charge on any atom is 0.0811 e. The number of nitrogens with zero attached hydrogens (tertiary/aromatic N) is 1. The Kier molecular flexibility index (Phi) is 6.10. The molecule has 100 valence electrons. The largest absolute Gasteiger partial charge is 0.328 e. The van der Waals surface area contributed by atoms with Gasteiger partial charge in [-0.05, 0) is 49.9 Å². The van der Waals surface area contributed by atoms with E-state index in [1.807, 2.05) is 0 Å². The van der Waals surface area contributed by atoms with Crippen molar-refractivity contribution in [3.8, 4) is 0 Å². The molecule has 1 rings (SSSR count). The van der Waals surface area contributed by atoms with Gasteiger partial charge in [0.15, 0.2) is 0 Å². The van der Waals surface area contributed by atoms with Crippen LogP contribution in [0.5, 0.6) is 0 Å². The van der Waals surface area contributed by atoms with E-state index in [2.05, 4.69) is 25.9 Å². The molecule has 0 aliphatic heterocycles. The summed E-state index contributed by atoms with van der Waals surface area (Å²) in [6, 6.07) is 0.343. The summed E-state index contributed by atoms with van der Waals surface area (Å²) in [6.45, 7) is 7.28. The summed E-state index contributed by atoms with van der Waals surface area (Å²) in [5, 5.41) is 2.90. The predicted octanol–water partition coefficient (Wildman–Crippen LogP) is 3.57. The van der Waals surface area contributed by atoms with Gasteiger partial charge in [0.05, 0.1) is 6.54 Å². The topological polar surface area (TPSA) is 55.5 Å². The SMILES string of the molecule is CC(CCCCN=O)CC1CC(C)C1C(C)N. The first kappa shape index (κ1) is 14.6. The van der Waals surface area contributed by atoms with E-state index in [-0.39, 0.29) is 0 Å². The minimum Gasteiger partial charge on any atom is -0.328 e. The van der Waals surface area contributed by atoms with Crippen molar-refractivity contribution < 1.29 is 0 Å². The lowest BCUT2D eigenvalue weighted by Crippen LogP contribution is -2.46. The summed E-state index contributed by atoms with van der Waals surface area (Å²) in [5.74, 6) is 3.14. The van der Waals surface area contributed by atoms with Crippen LogP contribution in [0.15, 0.2) is 5.18 Å². The normalized spacial score (nSPS) is 31.6. The van der Waals surface area contributed by atoms with E-state index in [9.17, 15) is 4.91 Å². The van der Waals surface area contributed by atoms with Crippen molar-refractivity contribution >= 4 is 0 Å². The minimum absolute atomic E-state index is 0.343. The second-order valence-corrected chi connectivity index (χ2v) is 6.10. The van der Waals surface area contributed by atoms with Gasteiger partial charge in [-0.25, -0.2) is 0 Å². The number of nitrogens with two attached hydrogens (primary N) is 1. The molecule has 0 bridgehead atoms. The van der Waals surface area contributed by atoms with Crippen LogP contribution in [0.1, 0.15) is 52.9 Å². The second-order valence-electron chi connectivity index (χ2n) is 6.10. The smallest absolute Gasteiger partial charge is 0.0811 e. The van der Waals surface area contributed by atoms with Crippen LogP contribution in [-0.4, -0.2) is 12.6 Å². The molecule has 3 nitrogen and oxygen atoms in total. The van der Waals surface area contributed by atoms with Crippen LogP contribution in [0.2, 0.25) is 0 Å². The summed E-state index contributed by atoms with van der Waals surface area (Å²) in [7, 11) is 0. The highest BCUT2D eigenvalue weighted by Crippen LogP contribution is 2.45. The van der Waals surface area contributed by atoms with E-state index in [1.54, 1.807) is 0 Å². The van der Waals surface area contributed by atoms with E-state index < -0.39 is 0 Å². The Bertz CT molecular complexity index is 226. The van der Waals surface area contributed by atoms with E-state index in [4.69, 9.17) is 5.73 Å². The summed E-state index contributed by atoms with van der Waals surface area (Å²) in [5.41, 5.74) is 6.05. The Morgan fingerprint density at radius 1 is 1.35 bits per heavy atom. The third-order valence-electron chi connectivity index (χ3n) is 4.38. The first-order valence-corrected chi connectivity index (χ1v) is 7.11. The van der Waals surface area contributed by atoms with E-state index in [0.29, 0.717) is 12.6 Å². The summed E-state index contributed by atoms with van der Waals surface area (Å²) in [6.07, 6.45) is 5.98. The van der Waals surface area contributed by atoms with Gasteiger partial charge in [0.2, 0.25) is 0 Å². The zero-order valence-electron chi connectivity index (χ0n) is 11.6. The maximum absolute atomic E-state index is 9.97. The zero-order valence-corrected chi connectivity index (χ0v) is 11.6. The van der Waals surface area contributed by atoms with Crippen molar-refractivity contribution in [2.45, 2.75) is 58.9 Å². The van der Waals surface area contributed by atoms with Crippen molar-refractivity contribution in [3.05, 3.63) is 4.91 Å². The molecule has 0 spiro atoms. The number of hydrogen-bond donors (Lipinski definition) is 1. The first-order valence-electron chi connectivity index (χ1n) is 7.11. The molecular weight excluding hydrogens is 212 g/mol. The molecule has 17 heavy (non-hydrogen) atoms. The lowest BCUT2D eigenvalue weighted by atomic mass is 9.60. The van der Waals surface area contributed by atoms with Crippen molar-refractivity contribution in [2.75, 3.05) is 6.54 Å². The van der Waals surface area contributed by atoms with Crippen LogP contribution in [0.3, 0.4) is 0 Å². The fraction of sp³-hybridized carbons (Fsp3) is 1.00. The lowest BCUT2D eigenvalue weighted by molar-refractivity contribution is 0.0465. The number of hydrogen-bond acceptors (Lipinski definition) is 3. The summed E-state index contributed by atoms with van der Waals surface area (Å²) < 4.78 is 0. The average molecular weight is 240 g/mol. The Labute approximate surface area is 106 Å². The molecule has 1 fully saturated rings. The Morgan fingerprint density at radius 2 is 2.06 bits per heavy atom. The lowest BCUT2D eigenvalue weighted by Gasteiger charge is -2.46. The van der Waals surface area contributed by atoms with Gasteiger partial charge in [-0.2, -0.15) is 4.91 Å². The third kappa shape index (κ3) is 4.38. The van der Waals surface area contributed by atoms with Crippen LogP contribution >= 0.6 is 0 Å². The van der Waals surface area contributed by atoms with Crippen LogP contribution in [0, 0.1) is 28.6 Å². The Morgan fingerprint density at radius 3 is 2.59 bits per heavy atom. The van der Waals surface area contributed by atoms with Crippen LogP contribution in [0.25, 0.3) is 0 Å². The highest BCUT2D eigenvalue weighted by molar-refractivity contribution is 4.91. The number of unbranched alkanes of at least 4 members (excludes halogenated alkanes) is 1. The van der Waals surface area contributed by atoms with Gasteiger partial charge in [0.25, 0.3) is 0 Å². The molecule has 1 saturated carbocycles. The molecule has 3 heteroatoms. The summed E-state index contributed by atoms with van der Waals surface area (Å²) >= 11 is 0. The summed E-state index contributed by atoms with van der Waals surface area (Å²) in [4.78, 5) is 9.97. The quantitative estimate of drug-likeness (QED) is 0.521. The van der Waals surface area contributed by atoms with Crippen molar-refractivity contribution in [1.29, 1.82) is 0 Å². The fourth-order valence-corrected chi connectivity index (χ4v) is 3.57. The molecule has 1 aliphatic rings. The average Bonchev–Trinajstić information content (AvgIpc) is 2.22. The van der Waals surface area contributed by atoms with Crippen molar-refractivity contribution in [2.24, 2.45) is 34.6 Å². The third-order valence-corrected chi connectivity index (χ3v) is 4.38. The zero-order chi connectivity index (χ0) is 12.8. The Hall–Kier alpha value is -0.440. The van der Waals surface area contributed by atoms with Gasteiger partial charge in [-0.15, -0.1) is 0 Å². The van der Waals surface area contributed by atoms with Gasteiger partial charge in [0, 0.05) is 6.04 Å². The second kappa shape index (κ2) is 7.10. The first-order chi connectivity index (χ1) is 8.06. The highest BCUT2D eigenvalue weighted by atomic mass is 16.3.